The average Bonchev–Trinajstić information content (AvgIpc) is 2.94. The first-order valence-corrected chi connectivity index (χ1v) is 8.31. The lowest BCUT2D eigenvalue weighted by Crippen LogP contribution is -2.08. The molecule has 0 atom stereocenters. The zero-order chi connectivity index (χ0) is 16.7. The molecule has 2 N–H and O–H groups in total. The molecule has 6 heteroatoms. The molecule has 0 radical (unpaired) electrons. The summed E-state index contributed by atoms with van der Waals surface area (Å²) in [7, 11) is 1.91. The van der Waals surface area contributed by atoms with Gasteiger partial charge in [-0.25, -0.2) is 4.98 Å². The van der Waals surface area contributed by atoms with Gasteiger partial charge in [0.15, 0.2) is 0 Å². The molecule has 0 bridgehead atoms. The van der Waals surface area contributed by atoms with Crippen molar-refractivity contribution in [2.45, 2.75) is 6.54 Å². The zero-order valence-electron chi connectivity index (χ0n) is 12.9. The number of hydrogen-bond acceptors (Lipinski definition) is 4. The molecule has 0 aliphatic heterocycles. The number of H-pyrrole nitrogens is 1. The van der Waals surface area contributed by atoms with E-state index in [-0.39, 0.29) is 11.1 Å². The van der Waals surface area contributed by atoms with Gasteiger partial charge in [-0.2, -0.15) is 0 Å². The molecule has 2 aromatic carbocycles. The second-order valence-corrected chi connectivity index (χ2v) is 6.48. The molecule has 120 valence electrons. The molecule has 4 rings (SSSR count). The van der Waals surface area contributed by atoms with Gasteiger partial charge >= 0.3 is 0 Å². The Morgan fingerprint density at radius 2 is 2.00 bits per heavy atom. The van der Waals surface area contributed by atoms with E-state index in [1.54, 1.807) is 0 Å². The summed E-state index contributed by atoms with van der Waals surface area (Å²) in [6.45, 7) is 0.795. The summed E-state index contributed by atoms with van der Waals surface area (Å²) in [5.41, 5.74) is 3.22. The molecule has 0 unspecified atom stereocenters. The first kappa shape index (κ1) is 15.1. The number of rotatable bonds is 3. The van der Waals surface area contributed by atoms with Crippen molar-refractivity contribution in [1.29, 1.82) is 0 Å². The smallest absolute Gasteiger partial charge is 0.294 e. The number of nitrogens with zero attached hydrogens (tertiary/aromatic N) is 1. The van der Waals surface area contributed by atoms with Crippen LogP contribution in [0, 0.1) is 0 Å². The maximum absolute atomic E-state index is 12.4. The van der Waals surface area contributed by atoms with E-state index in [2.05, 4.69) is 31.2 Å². The van der Waals surface area contributed by atoms with Crippen molar-refractivity contribution in [3.63, 3.8) is 0 Å². The lowest BCUT2D eigenvalue weighted by molar-refractivity contribution is 0.661. The van der Waals surface area contributed by atoms with Gasteiger partial charge in [-0.1, -0.05) is 40.2 Å². The van der Waals surface area contributed by atoms with E-state index in [0.717, 1.165) is 22.0 Å². The topological polar surface area (TPSA) is 70.9 Å². The Morgan fingerprint density at radius 1 is 1.21 bits per heavy atom. The maximum atomic E-state index is 12.4. The lowest BCUT2D eigenvalue weighted by atomic mass is 10.1. The Labute approximate surface area is 145 Å². The third kappa shape index (κ3) is 2.53. The number of halogens is 1. The fraction of sp³-hybridized carbons (Fsp3) is 0.111. The Hall–Kier alpha value is -2.44. The minimum absolute atomic E-state index is 0.249. The molecular weight excluding hydrogens is 370 g/mol. The highest BCUT2D eigenvalue weighted by Crippen LogP contribution is 2.29. The van der Waals surface area contributed by atoms with Crippen molar-refractivity contribution in [2.24, 2.45) is 0 Å². The standard InChI is InChI=1S/C18H14BrN3O2/c1-20-9-10-2-4-11(5-3-10)17-21-15-13-8-12(19)6-7-14(13)24-16(15)18(23)22-17/h2-8,20H,9H2,1H3,(H,21,22,23). The Bertz CT molecular complexity index is 1100. The molecular formula is C18H14BrN3O2. The maximum Gasteiger partial charge on any atom is 0.294 e. The molecule has 0 amide bonds. The minimum Gasteiger partial charge on any atom is -0.449 e. The van der Waals surface area contributed by atoms with Crippen LogP contribution in [0.2, 0.25) is 0 Å². The van der Waals surface area contributed by atoms with Crippen molar-refractivity contribution in [1.82, 2.24) is 15.3 Å². The third-order valence-corrected chi connectivity index (χ3v) is 4.39. The van der Waals surface area contributed by atoms with Gasteiger partial charge in [0.05, 0.1) is 0 Å². The summed E-state index contributed by atoms with van der Waals surface area (Å²) in [6, 6.07) is 13.5. The predicted octanol–water partition coefficient (Wildman–Crippen LogP) is 3.82. The molecule has 24 heavy (non-hydrogen) atoms. The monoisotopic (exact) mass is 383 g/mol. The van der Waals surface area contributed by atoms with Gasteiger partial charge in [-0.05, 0) is 30.8 Å². The summed E-state index contributed by atoms with van der Waals surface area (Å²) in [5, 5.41) is 3.93. The molecule has 0 fully saturated rings. The molecule has 0 saturated carbocycles. The van der Waals surface area contributed by atoms with Gasteiger partial charge < -0.3 is 14.7 Å². The predicted molar refractivity (Wildman–Crippen MR) is 98.0 cm³/mol. The number of fused-ring (bicyclic) bond motifs is 3. The van der Waals surface area contributed by atoms with E-state index >= 15 is 0 Å². The molecule has 0 aliphatic rings. The van der Waals surface area contributed by atoms with E-state index in [1.165, 1.54) is 5.56 Å². The van der Waals surface area contributed by atoms with Gasteiger partial charge in [0.2, 0.25) is 5.58 Å². The largest absolute Gasteiger partial charge is 0.449 e. The highest BCUT2D eigenvalue weighted by atomic mass is 79.9. The van der Waals surface area contributed by atoms with Gasteiger partial charge in [0, 0.05) is 22.0 Å². The normalized spacial score (nSPS) is 11.4. The second kappa shape index (κ2) is 5.89. The van der Waals surface area contributed by atoms with E-state index < -0.39 is 0 Å². The van der Waals surface area contributed by atoms with Crippen molar-refractivity contribution in [3.8, 4) is 11.4 Å². The average molecular weight is 384 g/mol. The van der Waals surface area contributed by atoms with E-state index in [1.807, 2.05) is 49.5 Å². The summed E-state index contributed by atoms with van der Waals surface area (Å²) in [4.78, 5) is 19.8. The second-order valence-electron chi connectivity index (χ2n) is 5.56. The number of furan rings is 1. The fourth-order valence-corrected chi connectivity index (χ4v) is 3.11. The number of nitrogens with one attached hydrogen (secondary N) is 2. The van der Waals surface area contributed by atoms with Crippen LogP contribution in [0.4, 0.5) is 0 Å². The summed E-state index contributed by atoms with van der Waals surface area (Å²) in [6.07, 6.45) is 0. The van der Waals surface area contributed by atoms with E-state index in [9.17, 15) is 4.79 Å². The van der Waals surface area contributed by atoms with Crippen LogP contribution in [0.25, 0.3) is 33.5 Å². The van der Waals surface area contributed by atoms with Crippen LogP contribution in [0.1, 0.15) is 5.56 Å². The third-order valence-electron chi connectivity index (χ3n) is 3.89. The van der Waals surface area contributed by atoms with Crippen LogP contribution in [0.5, 0.6) is 0 Å². The highest BCUT2D eigenvalue weighted by molar-refractivity contribution is 9.10. The van der Waals surface area contributed by atoms with Crippen molar-refractivity contribution < 1.29 is 4.42 Å². The van der Waals surface area contributed by atoms with Crippen LogP contribution in [-0.4, -0.2) is 17.0 Å². The number of aromatic amines is 1. The van der Waals surface area contributed by atoms with E-state index in [4.69, 9.17) is 4.42 Å². The lowest BCUT2D eigenvalue weighted by Gasteiger charge is -2.03. The van der Waals surface area contributed by atoms with Gasteiger partial charge in [0.25, 0.3) is 5.56 Å². The first-order valence-electron chi connectivity index (χ1n) is 7.52. The highest BCUT2D eigenvalue weighted by Gasteiger charge is 2.14. The molecule has 0 spiro atoms. The molecule has 5 nitrogen and oxygen atoms in total. The zero-order valence-corrected chi connectivity index (χ0v) is 14.5. The minimum atomic E-state index is -0.276. The Morgan fingerprint density at radius 3 is 2.75 bits per heavy atom. The first-order chi connectivity index (χ1) is 11.7. The van der Waals surface area contributed by atoms with Crippen LogP contribution in [-0.2, 0) is 6.54 Å². The van der Waals surface area contributed by atoms with Crippen LogP contribution in [0.3, 0.4) is 0 Å². The molecule has 4 aromatic rings. The number of benzene rings is 2. The summed E-state index contributed by atoms with van der Waals surface area (Å²) < 4.78 is 6.56. The molecule has 0 saturated heterocycles. The number of hydrogen-bond donors (Lipinski definition) is 2. The number of aromatic nitrogens is 2. The van der Waals surface area contributed by atoms with Crippen LogP contribution in [0.15, 0.2) is 56.1 Å². The van der Waals surface area contributed by atoms with Crippen LogP contribution < -0.4 is 10.9 Å². The van der Waals surface area contributed by atoms with Crippen LogP contribution >= 0.6 is 15.9 Å². The summed E-state index contributed by atoms with van der Waals surface area (Å²) in [5.74, 6) is 0.534. The van der Waals surface area contributed by atoms with Crippen molar-refractivity contribution >= 4 is 38.0 Å². The van der Waals surface area contributed by atoms with Gasteiger partial charge in [-0.3, -0.25) is 4.79 Å². The molecule has 2 heterocycles. The fourth-order valence-electron chi connectivity index (χ4n) is 2.75. The van der Waals surface area contributed by atoms with Gasteiger partial charge in [-0.15, -0.1) is 0 Å². The molecule has 0 aliphatic carbocycles. The molecule has 2 aromatic heterocycles. The van der Waals surface area contributed by atoms with Crippen molar-refractivity contribution in [2.75, 3.05) is 7.05 Å². The Kier molecular flexibility index (Phi) is 3.70. The SMILES string of the molecule is CNCc1ccc(-c2nc3c(oc4ccc(Br)cc43)c(=O)[nH]2)cc1. The summed E-state index contributed by atoms with van der Waals surface area (Å²) >= 11 is 3.45. The quantitative estimate of drug-likeness (QED) is 0.564. The van der Waals surface area contributed by atoms with E-state index in [0.29, 0.717) is 16.9 Å². The van der Waals surface area contributed by atoms with Crippen molar-refractivity contribution in [3.05, 3.63) is 62.9 Å². The van der Waals surface area contributed by atoms with Gasteiger partial charge in [0.1, 0.15) is 16.9 Å². The Balaban J connectivity index is 1.91.